The Balaban J connectivity index is 3.08. The second-order valence-electron chi connectivity index (χ2n) is 9.62. The predicted molar refractivity (Wildman–Crippen MR) is 140 cm³/mol. The van der Waals surface area contributed by atoms with Crippen molar-refractivity contribution in [2.45, 2.75) is 78.2 Å². The smallest absolute Gasteiger partial charge is 0.347 e. The number of esters is 9. The van der Waals surface area contributed by atoms with Crippen LogP contribution in [0.5, 0.6) is 0 Å². The van der Waals surface area contributed by atoms with Gasteiger partial charge in [0.15, 0.2) is 36.6 Å². The van der Waals surface area contributed by atoms with Crippen molar-refractivity contribution in [2.75, 3.05) is 21.3 Å². The number of carbonyl (C=O) groups excluding carboxylic acids is 9. The predicted octanol–water partition coefficient (Wildman–Crippen LogP) is -1.04. The van der Waals surface area contributed by atoms with Gasteiger partial charge in [0.1, 0.15) is 0 Å². The van der Waals surface area contributed by atoms with E-state index in [-0.39, 0.29) is 0 Å². The van der Waals surface area contributed by atoms with Gasteiger partial charge in [-0.15, -0.1) is 0 Å². The maximum absolute atomic E-state index is 12.9. The standard InChI is InChI=1S/C27H36O18/c1-10(19(28)37-7)40-22(31)13(4)43-25(34)16-17(26(35)44-14(5)23(32)41-11(2)20(29)38-8)18(16)27(36)45-15(6)24(33)42-12(3)21(30)39-9/h10-18H,1-9H3. The maximum atomic E-state index is 12.9. The summed E-state index contributed by atoms with van der Waals surface area (Å²) in [4.78, 5) is 110. The topological polar surface area (TPSA) is 237 Å². The Morgan fingerprint density at radius 1 is 0.333 bits per heavy atom. The first-order valence-corrected chi connectivity index (χ1v) is 13.4. The minimum Gasteiger partial charge on any atom is -0.466 e. The number of methoxy groups -OCH3 is 3. The van der Waals surface area contributed by atoms with Crippen molar-refractivity contribution < 1.29 is 85.8 Å². The molecule has 0 aliphatic heterocycles. The van der Waals surface area contributed by atoms with Gasteiger partial charge in [0.05, 0.1) is 39.1 Å². The van der Waals surface area contributed by atoms with Gasteiger partial charge >= 0.3 is 53.7 Å². The fourth-order valence-corrected chi connectivity index (χ4v) is 3.55. The van der Waals surface area contributed by atoms with Gasteiger partial charge in [0.2, 0.25) is 0 Å². The third-order valence-electron chi connectivity index (χ3n) is 6.19. The zero-order valence-electron chi connectivity index (χ0n) is 26.0. The van der Waals surface area contributed by atoms with E-state index in [1.165, 1.54) is 20.8 Å². The molecular weight excluding hydrogens is 612 g/mol. The van der Waals surface area contributed by atoms with E-state index < -0.39 is 108 Å². The summed E-state index contributed by atoms with van der Waals surface area (Å²) in [6.07, 6.45) is -8.91. The summed E-state index contributed by atoms with van der Waals surface area (Å²) < 4.78 is 42.9. The van der Waals surface area contributed by atoms with Crippen LogP contribution in [0, 0.1) is 17.8 Å². The maximum Gasteiger partial charge on any atom is 0.347 e. The van der Waals surface area contributed by atoms with Crippen LogP contribution in [0.1, 0.15) is 41.5 Å². The number of hydrogen-bond acceptors (Lipinski definition) is 18. The minimum atomic E-state index is -1.62. The Morgan fingerprint density at radius 3 is 0.689 bits per heavy atom. The van der Waals surface area contributed by atoms with E-state index >= 15 is 0 Å². The van der Waals surface area contributed by atoms with E-state index in [4.69, 9.17) is 28.4 Å². The van der Waals surface area contributed by atoms with Crippen LogP contribution in [0.2, 0.25) is 0 Å². The van der Waals surface area contributed by atoms with Crippen LogP contribution in [0.4, 0.5) is 0 Å². The fourth-order valence-electron chi connectivity index (χ4n) is 3.55. The van der Waals surface area contributed by atoms with E-state index in [2.05, 4.69) is 14.2 Å². The second-order valence-corrected chi connectivity index (χ2v) is 9.62. The molecule has 0 N–H and O–H groups in total. The van der Waals surface area contributed by atoms with Crippen molar-refractivity contribution in [1.82, 2.24) is 0 Å². The zero-order chi connectivity index (χ0) is 34.8. The lowest BCUT2D eigenvalue weighted by molar-refractivity contribution is -0.178. The van der Waals surface area contributed by atoms with Crippen molar-refractivity contribution >= 4 is 53.7 Å². The lowest BCUT2D eigenvalue weighted by Crippen LogP contribution is -2.34. The molecule has 1 saturated carbocycles. The highest BCUT2D eigenvalue weighted by molar-refractivity contribution is 5.99. The van der Waals surface area contributed by atoms with E-state index in [1.807, 2.05) is 0 Å². The molecule has 1 aliphatic rings. The van der Waals surface area contributed by atoms with E-state index in [0.29, 0.717) is 0 Å². The zero-order valence-corrected chi connectivity index (χ0v) is 26.0. The van der Waals surface area contributed by atoms with Gasteiger partial charge in [-0.3, -0.25) is 14.4 Å². The Morgan fingerprint density at radius 2 is 0.511 bits per heavy atom. The monoisotopic (exact) mass is 648 g/mol. The summed E-state index contributed by atoms with van der Waals surface area (Å²) in [5, 5.41) is 0. The number of carbonyl (C=O) groups is 9. The summed E-state index contributed by atoms with van der Waals surface area (Å²) in [5.41, 5.74) is 0. The molecule has 0 amide bonds. The molecule has 252 valence electrons. The Kier molecular flexibility index (Phi) is 14.4. The van der Waals surface area contributed by atoms with Crippen molar-refractivity contribution in [3.8, 4) is 0 Å². The van der Waals surface area contributed by atoms with Gasteiger partial charge in [-0.2, -0.15) is 0 Å². The molecule has 1 fully saturated rings. The van der Waals surface area contributed by atoms with Crippen LogP contribution in [-0.2, 0) is 85.8 Å². The van der Waals surface area contributed by atoms with Gasteiger partial charge in [-0.1, -0.05) is 0 Å². The number of ether oxygens (including phenoxy) is 9. The molecule has 0 saturated heterocycles. The number of rotatable bonds is 15. The lowest BCUT2D eigenvalue weighted by atomic mass is 10.3. The van der Waals surface area contributed by atoms with Crippen LogP contribution in [0.25, 0.3) is 0 Å². The first-order chi connectivity index (χ1) is 20.9. The fraction of sp³-hybridized carbons (Fsp3) is 0.667. The van der Waals surface area contributed by atoms with Crippen molar-refractivity contribution in [1.29, 1.82) is 0 Å². The third-order valence-corrected chi connectivity index (χ3v) is 6.19. The molecule has 0 aromatic carbocycles. The molecule has 0 spiro atoms. The Labute approximate surface area is 257 Å². The average Bonchev–Trinajstić information content (AvgIpc) is 3.75. The number of hydrogen-bond donors (Lipinski definition) is 0. The Hall–Kier alpha value is -4.77. The minimum absolute atomic E-state index is 0.892. The summed E-state index contributed by atoms with van der Waals surface area (Å²) in [7, 11) is 3.17. The molecule has 0 aromatic rings. The van der Waals surface area contributed by atoms with E-state index in [0.717, 1.165) is 42.1 Å². The lowest BCUT2D eigenvalue weighted by Gasteiger charge is -2.16. The summed E-state index contributed by atoms with van der Waals surface area (Å²) in [6, 6.07) is 0. The molecule has 0 aromatic heterocycles. The van der Waals surface area contributed by atoms with Gasteiger partial charge in [0.25, 0.3) is 0 Å². The highest BCUT2D eigenvalue weighted by atomic mass is 16.6. The van der Waals surface area contributed by atoms with Gasteiger partial charge < -0.3 is 42.6 Å². The van der Waals surface area contributed by atoms with Crippen LogP contribution >= 0.6 is 0 Å². The molecule has 0 heterocycles. The summed E-state index contributed by atoms with van der Waals surface area (Å²) in [5.74, 6) is -14.8. The van der Waals surface area contributed by atoms with E-state index in [9.17, 15) is 43.2 Å². The molecule has 18 nitrogen and oxygen atoms in total. The SMILES string of the molecule is COC(=O)C(C)OC(=O)C(C)OC(=O)C1C(C(=O)OC(C)C(=O)OC(C)C(=O)OC)C1C(=O)OC(C)C(=O)OC(C)C(=O)OC. The van der Waals surface area contributed by atoms with Crippen LogP contribution in [0.3, 0.4) is 0 Å². The quantitative estimate of drug-likeness (QED) is 0.152. The summed E-state index contributed by atoms with van der Waals surface area (Å²) >= 11 is 0. The molecular formula is C27H36O18. The highest BCUT2D eigenvalue weighted by Crippen LogP contribution is 2.49. The van der Waals surface area contributed by atoms with Crippen LogP contribution < -0.4 is 0 Å². The largest absolute Gasteiger partial charge is 0.466 e. The third kappa shape index (κ3) is 10.7. The molecule has 1 rings (SSSR count). The normalized spacial score (nSPS) is 20.6. The summed E-state index contributed by atoms with van der Waals surface area (Å²) in [6.45, 7) is 6.88. The van der Waals surface area contributed by atoms with Gasteiger partial charge in [-0.25, -0.2) is 28.8 Å². The van der Waals surface area contributed by atoms with Crippen LogP contribution in [-0.4, -0.2) is 112 Å². The molecule has 6 unspecified atom stereocenters. The average molecular weight is 649 g/mol. The van der Waals surface area contributed by atoms with Crippen molar-refractivity contribution in [3.05, 3.63) is 0 Å². The first-order valence-electron chi connectivity index (χ1n) is 13.4. The van der Waals surface area contributed by atoms with Crippen LogP contribution in [0.15, 0.2) is 0 Å². The van der Waals surface area contributed by atoms with Crippen molar-refractivity contribution in [3.63, 3.8) is 0 Å². The molecule has 0 bridgehead atoms. The Bertz CT molecular complexity index is 1030. The van der Waals surface area contributed by atoms with E-state index in [1.54, 1.807) is 0 Å². The molecule has 45 heavy (non-hydrogen) atoms. The molecule has 18 heteroatoms. The highest BCUT2D eigenvalue weighted by Gasteiger charge is 2.66. The molecule has 0 radical (unpaired) electrons. The van der Waals surface area contributed by atoms with Crippen molar-refractivity contribution in [2.24, 2.45) is 17.8 Å². The van der Waals surface area contributed by atoms with Gasteiger partial charge in [-0.05, 0) is 41.5 Å². The van der Waals surface area contributed by atoms with Gasteiger partial charge in [0, 0.05) is 0 Å². The first kappa shape index (κ1) is 38.3. The molecule has 6 atom stereocenters. The second kappa shape index (κ2) is 16.9. The molecule has 1 aliphatic carbocycles.